The predicted molar refractivity (Wildman–Crippen MR) is 216 cm³/mol. The molecule has 2 amide bonds. The Morgan fingerprint density at radius 2 is 1.67 bits per heavy atom. The van der Waals surface area contributed by atoms with Gasteiger partial charge in [-0.15, -0.1) is 0 Å². The number of carbonyl (C=O) groups excluding carboxylic acids is 3. The summed E-state index contributed by atoms with van der Waals surface area (Å²) in [6.45, 7) is 11.1. The third-order valence-electron chi connectivity index (χ3n) is 10.6. The molecule has 2 aliphatic heterocycles. The Balaban J connectivity index is 1.07. The van der Waals surface area contributed by atoms with Crippen molar-refractivity contribution in [2.45, 2.75) is 32.6 Å². The largest absolute Gasteiger partial charge is 0.496 e. The molecule has 3 heterocycles. The SMILES string of the molecule is COc1cc(C(=O)N(C)c2ccc(C)cc2OCCCCC(=C=O)N2CCN(C)CC2)ccc1C(=O)Nc1cccc2[nH]c(CCN3CCN(C)CC3)nc12. The summed E-state index contributed by atoms with van der Waals surface area (Å²) in [5.41, 5.74) is 5.15. The van der Waals surface area contributed by atoms with Crippen LogP contribution in [0.2, 0.25) is 0 Å². The van der Waals surface area contributed by atoms with Gasteiger partial charge in [-0.1, -0.05) is 12.1 Å². The minimum atomic E-state index is -0.368. The zero-order valence-electron chi connectivity index (χ0n) is 32.8. The van der Waals surface area contributed by atoms with Crippen molar-refractivity contribution in [3.8, 4) is 11.5 Å². The smallest absolute Gasteiger partial charge is 0.259 e. The predicted octanol–water partition coefficient (Wildman–Crippen LogP) is 4.71. The topological polar surface area (TPSA) is 127 Å². The maximum absolute atomic E-state index is 13.8. The maximum Gasteiger partial charge on any atom is 0.259 e. The van der Waals surface area contributed by atoms with Gasteiger partial charge in [0.2, 0.25) is 0 Å². The average molecular weight is 751 g/mol. The monoisotopic (exact) mass is 750 g/mol. The zero-order valence-corrected chi connectivity index (χ0v) is 32.8. The molecule has 6 rings (SSSR count). The van der Waals surface area contributed by atoms with Gasteiger partial charge in [0.05, 0.1) is 41.9 Å². The fourth-order valence-corrected chi connectivity index (χ4v) is 7.08. The number of aromatic amines is 1. The molecule has 292 valence electrons. The minimum absolute atomic E-state index is 0.277. The molecule has 55 heavy (non-hydrogen) atoms. The lowest BCUT2D eigenvalue weighted by Crippen LogP contribution is -2.45. The lowest BCUT2D eigenvalue weighted by Gasteiger charge is -2.34. The van der Waals surface area contributed by atoms with Crippen LogP contribution in [0.3, 0.4) is 0 Å². The molecule has 2 saturated heterocycles. The highest BCUT2D eigenvalue weighted by Gasteiger charge is 2.23. The van der Waals surface area contributed by atoms with Crippen molar-refractivity contribution in [2.75, 3.05) is 104 Å². The Bertz CT molecular complexity index is 2010. The number of methoxy groups -OCH3 is 1. The molecular weight excluding hydrogens is 697 g/mol. The summed E-state index contributed by atoms with van der Waals surface area (Å²) in [7, 11) is 7.43. The van der Waals surface area contributed by atoms with E-state index in [0.717, 1.165) is 101 Å². The van der Waals surface area contributed by atoms with Gasteiger partial charge in [-0.3, -0.25) is 9.59 Å². The Hall–Kier alpha value is -5.20. The third-order valence-corrected chi connectivity index (χ3v) is 10.6. The number of carbonyl (C=O) groups is 2. The van der Waals surface area contributed by atoms with Gasteiger partial charge in [0.25, 0.3) is 11.8 Å². The lowest BCUT2D eigenvalue weighted by atomic mass is 10.1. The number of likely N-dealkylation sites (N-methyl/N-ethyl adjacent to an activating group) is 2. The molecule has 0 aliphatic carbocycles. The van der Waals surface area contributed by atoms with Crippen LogP contribution in [0.4, 0.5) is 11.4 Å². The van der Waals surface area contributed by atoms with E-state index in [1.165, 1.54) is 7.11 Å². The first-order valence-electron chi connectivity index (χ1n) is 19.2. The molecule has 1 aromatic heterocycles. The number of amides is 2. The molecule has 0 unspecified atom stereocenters. The molecule has 2 N–H and O–H groups in total. The van der Waals surface area contributed by atoms with E-state index in [-0.39, 0.29) is 17.6 Å². The van der Waals surface area contributed by atoms with E-state index in [1.54, 1.807) is 30.1 Å². The number of H-pyrrole nitrogens is 1. The summed E-state index contributed by atoms with van der Waals surface area (Å²) in [5, 5.41) is 3.01. The number of rotatable bonds is 15. The number of para-hydroxylation sites is 1. The van der Waals surface area contributed by atoms with Gasteiger partial charge >= 0.3 is 0 Å². The van der Waals surface area contributed by atoms with Crippen LogP contribution in [0.25, 0.3) is 11.0 Å². The molecule has 0 saturated carbocycles. The van der Waals surface area contributed by atoms with Gasteiger partial charge in [0.15, 0.2) is 0 Å². The molecule has 0 atom stereocenters. The lowest BCUT2D eigenvalue weighted by molar-refractivity contribution is 0.0987. The molecule has 0 bridgehead atoms. The highest BCUT2D eigenvalue weighted by Crippen LogP contribution is 2.32. The first-order valence-corrected chi connectivity index (χ1v) is 19.2. The van der Waals surface area contributed by atoms with Crippen LogP contribution >= 0.6 is 0 Å². The number of piperazine rings is 2. The molecule has 0 radical (unpaired) electrons. The number of fused-ring (bicyclic) bond motifs is 1. The van der Waals surface area contributed by atoms with E-state index in [9.17, 15) is 14.4 Å². The van der Waals surface area contributed by atoms with Crippen LogP contribution in [0.1, 0.15) is 51.4 Å². The number of ether oxygens (including phenoxy) is 2. The van der Waals surface area contributed by atoms with E-state index < -0.39 is 0 Å². The van der Waals surface area contributed by atoms with Crippen LogP contribution in [0.15, 0.2) is 60.3 Å². The second-order valence-corrected chi connectivity index (χ2v) is 14.6. The molecule has 0 spiro atoms. The number of hydrogen-bond donors (Lipinski definition) is 2. The summed E-state index contributed by atoms with van der Waals surface area (Å²) in [5.74, 6) is 3.26. The summed E-state index contributed by atoms with van der Waals surface area (Å²) in [6, 6.07) is 16.2. The fourth-order valence-electron chi connectivity index (χ4n) is 7.08. The highest BCUT2D eigenvalue weighted by molar-refractivity contribution is 6.11. The number of anilines is 2. The number of aromatic nitrogens is 2. The number of benzene rings is 3. The summed E-state index contributed by atoms with van der Waals surface area (Å²) in [6.07, 6.45) is 2.99. The standard InChI is InChI=1S/C42H54N8O5/c1-30-12-15-36(38(27-30)55-26-7-6-9-32(29-51)50-24-20-47(3)21-25-50)48(4)42(53)31-13-14-33(37(28-31)54-5)41(52)44-35-11-8-10-34-40(35)45-39(43-34)16-17-49-22-18-46(2)19-23-49/h8,10-15,27-28H,6-7,9,16-26H2,1-5H3,(H,43,45)(H,44,52). The van der Waals surface area contributed by atoms with Crippen LogP contribution in [-0.4, -0.2) is 141 Å². The fraction of sp³-hybridized carbons (Fsp3) is 0.452. The van der Waals surface area contributed by atoms with E-state index >= 15 is 0 Å². The molecule has 2 aliphatic rings. The van der Waals surface area contributed by atoms with Gasteiger partial charge in [0.1, 0.15) is 28.8 Å². The van der Waals surface area contributed by atoms with Crippen molar-refractivity contribution >= 4 is 40.2 Å². The highest BCUT2D eigenvalue weighted by atomic mass is 16.5. The molecule has 13 nitrogen and oxygen atoms in total. The number of hydrogen-bond acceptors (Lipinski definition) is 10. The Labute approximate surface area is 323 Å². The van der Waals surface area contributed by atoms with Crippen molar-refractivity contribution in [1.82, 2.24) is 29.6 Å². The Kier molecular flexibility index (Phi) is 13.2. The van der Waals surface area contributed by atoms with Crippen molar-refractivity contribution in [3.05, 3.63) is 82.8 Å². The first-order chi connectivity index (χ1) is 26.6. The molecule has 3 aromatic carbocycles. The summed E-state index contributed by atoms with van der Waals surface area (Å²) >= 11 is 0. The van der Waals surface area contributed by atoms with Gasteiger partial charge in [-0.25, -0.2) is 9.78 Å². The van der Waals surface area contributed by atoms with Gasteiger partial charge < -0.3 is 44.3 Å². The molecule has 4 aromatic rings. The van der Waals surface area contributed by atoms with Gasteiger partial charge in [0, 0.05) is 77.9 Å². The Morgan fingerprint density at radius 1 is 0.927 bits per heavy atom. The number of unbranched alkanes of at least 4 members (excludes halogenated alkanes) is 1. The molecular formula is C42H54N8O5. The van der Waals surface area contributed by atoms with Crippen molar-refractivity contribution in [1.29, 1.82) is 0 Å². The van der Waals surface area contributed by atoms with Crippen LogP contribution < -0.4 is 19.7 Å². The van der Waals surface area contributed by atoms with Gasteiger partial charge in [-0.2, -0.15) is 0 Å². The second kappa shape index (κ2) is 18.4. The number of allylic oxidation sites excluding steroid dienone is 1. The Morgan fingerprint density at radius 3 is 2.40 bits per heavy atom. The van der Waals surface area contributed by atoms with Crippen LogP contribution in [0, 0.1) is 6.92 Å². The van der Waals surface area contributed by atoms with Gasteiger partial charge in [-0.05, 0) is 88.3 Å². The van der Waals surface area contributed by atoms with Crippen molar-refractivity contribution in [3.63, 3.8) is 0 Å². The normalized spacial score (nSPS) is 15.5. The molecule has 13 heteroatoms. The van der Waals surface area contributed by atoms with E-state index in [2.05, 4.69) is 49.9 Å². The number of nitrogens with one attached hydrogen (secondary N) is 2. The van der Waals surface area contributed by atoms with Crippen molar-refractivity contribution < 1.29 is 23.9 Å². The number of imidazole rings is 1. The number of aryl methyl sites for hydroxylation is 1. The number of nitrogens with zero attached hydrogens (tertiary/aromatic N) is 6. The third kappa shape index (κ3) is 9.92. The van der Waals surface area contributed by atoms with Crippen LogP contribution in [0.5, 0.6) is 11.5 Å². The minimum Gasteiger partial charge on any atom is -0.496 e. The summed E-state index contributed by atoms with van der Waals surface area (Å²) in [4.78, 5) is 58.1. The average Bonchev–Trinajstić information content (AvgIpc) is 3.63. The zero-order chi connectivity index (χ0) is 38.9. The first kappa shape index (κ1) is 39.5. The second-order valence-electron chi connectivity index (χ2n) is 14.6. The molecule has 2 fully saturated rings. The quantitative estimate of drug-likeness (QED) is 0.130. The van der Waals surface area contributed by atoms with E-state index in [1.807, 2.05) is 43.3 Å². The van der Waals surface area contributed by atoms with E-state index in [4.69, 9.17) is 14.5 Å². The van der Waals surface area contributed by atoms with E-state index in [0.29, 0.717) is 46.8 Å². The maximum atomic E-state index is 13.8. The van der Waals surface area contributed by atoms with Crippen molar-refractivity contribution in [2.24, 2.45) is 0 Å². The van der Waals surface area contributed by atoms with Crippen LogP contribution in [-0.2, 0) is 11.2 Å². The summed E-state index contributed by atoms with van der Waals surface area (Å²) < 4.78 is 11.9.